The van der Waals surface area contributed by atoms with Crippen LogP contribution in [0.3, 0.4) is 0 Å². The van der Waals surface area contributed by atoms with Crippen LogP contribution in [0, 0.1) is 13.8 Å². The fraction of sp³-hybridized carbons (Fsp3) is 0.267. The number of hydrogen-bond acceptors (Lipinski definition) is 5. The summed E-state index contributed by atoms with van der Waals surface area (Å²) >= 11 is 0. The second kappa shape index (κ2) is 6.14. The van der Waals surface area contributed by atoms with E-state index >= 15 is 0 Å². The molecule has 0 spiro atoms. The van der Waals surface area contributed by atoms with Crippen molar-refractivity contribution in [2.24, 2.45) is 0 Å². The summed E-state index contributed by atoms with van der Waals surface area (Å²) in [5.74, 6) is 0.628. The largest absolute Gasteiger partial charge is 0.462 e. The average molecular weight is 271 g/mol. The van der Waals surface area contributed by atoms with Crippen LogP contribution >= 0.6 is 0 Å². The molecule has 5 heteroatoms. The number of nitrogens with one attached hydrogen (secondary N) is 1. The molecule has 1 heterocycles. The van der Waals surface area contributed by atoms with Crippen molar-refractivity contribution in [1.29, 1.82) is 0 Å². The Morgan fingerprint density at radius 2 is 2.05 bits per heavy atom. The minimum atomic E-state index is -0.427. The first-order chi connectivity index (χ1) is 9.61. The summed E-state index contributed by atoms with van der Waals surface area (Å²) in [6.45, 7) is 5.84. The van der Waals surface area contributed by atoms with Crippen molar-refractivity contribution in [3.8, 4) is 0 Å². The molecule has 0 aliphatic rings. The van der Waals surface area contributed by atoms with Crippen LogP contribution < -0.4 is 5.32 Å². The second-order valence-corrected chi connectivity index (χ2v) is 4.34. The van der Waals surface area contributed by atoms with E-state index in [0.29, 0.717) is 23.8 Å². The standard InChI is InChI=1S/C15H17N3O2/c1-4-20-15(19)12-9-16-11(3)17-14(12)18-13-8-6-5-7-10(13)2/h5-9H,4H2,1-3H3,(H,16,17,18). The van der Waals surface area contributed by atoms with Crippen LogP contribution in [-0.2, 0) is 4.74 Å². The number of hydrogen-bond donors (Lipinski definition) is 1. The Balaban J connectivity index is 2.37. The van der Waals surface area contributed by atoms with Gasteiger partial charge in [0, 0.05) is 11.9 Å². The lowest BCUT2D eigenvalue weighted by Crippen LogP contribution is -2.11. The van der Waals surface area contributed by atoms with Crippen LogP contribution in [0.1, 0.15) is 28.7 Å². The van der Waals surface area contributed by atoms with Gasteiger partial charge < -0.3 is 10.1 Å². The molecule has 2 aromatic rings. The molecule has 0 aliphatic carbocycles. The summed E-state index contributed by atoms with van der Waals surface area (Å²) in [6, 6.07) is 7.80. The summed E-state index contributed by atoms with van der Waals surface area (Å²) in [5, 5.41) is 3.17. The number of para-hydroxylation sites is 1. The molecular formula is C15H17N3O2. The van der Waals surface area contributed by atoms with E-state index in [0.717, 1.165) is 11.3 Å². The van der Waals surface area contributed by atoms with E-state index in [1.165, 1.54) is 6.20 Å². The van der Waals surface area contributed by atoms with Gasteiger partial charge in [0.1, 0.15) is 17.2 Å². The summed E-state index contributed by atoms with van der Waals surface area (Å²) in [4.78, 5) is 20.3. The Morgan fingerprint density at radius 3 is 2.75 bits per heavy atom. The minimum absolute atomic E-state index is 0.316. The Kier molecular flexibility index (Phi) is 4.30. The second-order valence-electron chi connectivity index (χ2n) is 4.34. The first kappa shape index (κ1) is 14.0. The van der Waals surface area contributed by atoms with E-state index in [1.807, 2.05) is 31.2 Å². The van der Waals surface area contributed by atoms with Gasteiger partial charge in [-0.3, -0.25) is 0 Å². The number of carbonyl (C=O) groups excluding carboxylic acids is 1. The van der Waals surface area contributed by atoms with E-state index in [-0.39, 0.29) is 0 Å². The van der Waals surface area contributed by atoms with Gasteiger partial charge in [-0.05, 0) is 32.4 Å². The summed E-state index contributed by atoms with van der Waals surface area (Å²) in [6.07, 6.45) is 1.49. The SMILES string of the molecule is CCOC(=O)c1cnc(C)nc1Nc1ccccc1C. The zero-order valence-corrected chi connectivity index (χ0v) is 11.8. The Bertz CT molecular complexity index is 626. The average Bonchev–Trinajstić information content (AvgIpc) is 2.42. The van der Waals surface area contributed by atoms with E-state index in [2.05, 4.69) is 15.3 Å². The molecule has 0 aliphatic heterocycles. The van der Waals surface area contributed by atoms with Gasteiger partial charge in [0.15, 0.2) is 0 Å². The highest BCUT2D eigenvalue weighted by molar-refractivity contribution is 5.95. The topological polar surface area (TPSA) is 64.1 Å². The monoisotopic (exact) mass is 271 g/mol. The number of carbonyl (C=O) groups is 1. The molecule has 1 aromatic carbocycles. The number of aromatic nitrogens is 2. The van der Waals surface area contributed by atoms with Crippen molar-refractivity contribution in [1.82, 2.24) is 9.97 Å². The molecule has 0 radical (unpaired) electrons. The van der Waals surface area contributed by atoms with Crippen molar-refractivity contribution < 1.29 is 9.53 Å². The third-order valence-corrected chi connectivity index (χ3v) is 2.80. The lowest BCUT2D eigenvalue weighted by atomic mass is 10.2. The maximum atomic E-state index is 11.9. The van der Waals surface area contributed by atoms with Crippen LogP contribution in [-0.4, -0.2) is 22.5 Å². The number of ether oxygens (including phenoxy) is 1. The lowest BCUT2D eigenvalue weighted by Gasteiger charge is -2.12. The molecule has 1 aromatic heterocycles. The van der Waals surface area contributed by atoms with Gasteiger partial charge in [0.25, 0.3) is 0 Å². The number of anilines is 2. The van der Waals surface area contributed by atoms with Crippen LogP contribution in [0.4, 0.5) is 11.5 Å². The minimum Gasteiger partial charge on any atom is -0.462 e. The van der Waals surface area contributed by atoms with E-state index < -0.39 is 5.97 Å². The zero-order valence-electron chi connectivity index (χ0n) is 11.8. The first-order valence-corrected chi connectivity index (χ1v) is 6.45. The molecule has 0 saturated heterocycles. The Labute approximate surface area is 118 Å². The maximum Gasteiger partial charge on any atom is 0.343 e. The molecule has 20 heavy (non-hydrogen) atoms. The van der Waals surface area contributed by atoms with E-state index in [4.69, 9.17) is 4.74 Å². The molecule has 2 rings (SSSR count). The number of aryl methyl sites for hydroxylation is 2. The molecule has 1 N–H and O–H groups in total. The van der Waals surface area contributed by atoms with Crippen molar-refractivity contribution in [2.75, 3.05) is 11.9 Å². The molecule has 5 nitrogen and oxygen atoms in total. The molecular weight excluding hydrogens is 254 g/mol. The fourth-order valence-corrected chi connectivity index (χ4v) is 1.76. The highest BCUT2D eigenvalue weighted by atomic mass is 16.5. The van der Waals surface area contributed by atoms with Crippen LogP contribution in [0.15, 0.2) is 30.5 Å². The third kappa shape index (κ3) is 3.12. The van der Waals surface area contributed by atoms with Gasteiger partial charge in [-0.15, -0.1) is 0 Å². The molecule has 0 fully saturated rings. The van der Waals surface area contributed by atoms with Crippen LogP contribution in [0.2, 0.25) is 0 Å². The first-order valence-electron chi connectivity index (χ1n) is 6.45. The Morgan fingerprint density at radius 1 is 1.30 bits per heavy atom. The van der Waals surface area contributed by atoms with Crippen molar-refractivity contribution >= 4 is 17.5 Å². The van der Waals surface area contributed by atoms with E-state index in [1.54, 1.807) is 13.8 Å². The number of esters is 1. The normalized spacial score (nSPS) is 10.2. The summed E-state index contributed by atoms with van der Waals surface area (Å²) in [7, 11) is 0. The summed E-state index contributed by atoms with van der Waals surface area (Å²) in [5.41, 5.74) is 2.30. The predicted molar refractivity (Wildman–Crippen MR) is 77.2 cm³/mol. The molecule has 0 bridgehead atoms. The molecule has 104 valence electrons. The lowest BCUT2D eigenvalue weighted by molar-refractivity contribution is 0.0526. The van der Waals surface area contributed by atoms with Gasteiger partial charge in [-0.2, -0.15) is 0 Å². The number of rotatable bonds is 4. The van der Waals surface area contributed by atoms with Gasteiger partial charge in [0.05, 0.1) is 6.61 Å². The highest BCUT2D eigenvalue weighted by Crippen LogP contribution is 2.22. The van der Waals surface area contributed by atoms with E-state index in [9.17, 15) is 4.79 Å². The third-order valence-electron chi connectivity index (χ3n) is 2.80. The predicted octanol–water partition coefficient (Wildman–Crippen LogP) is 3.01. The van der Waals surface area contributed by atoms with Crippen molar-refractivity contribution in [3.63, 3.8) is 0 Å². The number of benzene rings is 1. The van der Waals surface area contributed by atoms with Gasteiger partial charge in [-0.1, -0.05) is 18.2 Å². The quantitative estimate of drug-likeness (QED) is 0.866. The van der Waals surface area contributed by atoms with Crippen molar-refractivity contribution in [2.45, 2.75) is 20.8 Å². The van der Waals surface area contributed by atoms with Crippen molar-refractivity contribution in [3.05, 3.63) is 47.4 Å². The van der Waals surface area contributed by atoms with Gasteiger partial charge in [0.2, 0.25) is 0 Å². The van der Waals surface area contributed by atoms with Gasteiger partial charge in [-0.25, -0.2) is 14.8 Å². The smallest absolute Gasteiger partial charge is 0.343 e. The van der Waals surface area contributed by atoms with Crippen LogP contribution in [0.5, 0.6) is 0 Å². The summed E-state index contributed by atoms with van der Waals surface area (Å²) < 4.78 is 5.02. The molecule has 0 atom stereocenters. The highest BCUT2D eigenvalue weighted by Gasteiger charge is 2.15. The molecule has 0 amide bonds. The van der Waals surface area contributed by atoms with Crippen LogP contribution in [0.25, 0.3) is 0 Å². The van der Waals surface area contributed by atoms with Gasteiger partial charge >= 0.3 is 5.97 Å². The molecule has 0 saturated carbocycles. The maximum absolute atomic E-state index is 11.9. The number of nitrogens with zero attached hydrogens (tertiary/aromatic N) is 2. The Hall–Kier alpha value is -2.43. The fourth-order valence-electron chi connectivity index (χ4n) is 1.76. The zero-order chi connectivity index (χ0) is 14.5. The molecule has 0 unspecified atom stereocenters.